The first-order valence-corrected chi connectivity index (χ1v) is 7.01. The van der Waals surface area contributed by atoms with Crippen molar-refractivity contribution in [3.8, 4) is 0 Å². The number of amides is 1. The second-order valence-corrected chi connectivity index (χ2v) is 4.93. The number of para-hydroxylation sites is 1. The van der Waals surface area contributed by atoms with Crippen molar-refractivity contribution in [1.29, 1.82) is 0 Å². The average Bonchev–Trinajstić information content (AvgIpc) is 2.95. The zero-order valence-electron chi connectivity index (χ0n) is 12.4. The highest BCUT2D eigenvalue weighted by Crippen LogP contribution is 2.19. The van der Waals surface area contributed by atoms with Gasteiger partial charge in [0.05, 0.1) is 17.3 Å². The number of pyridine rings is 1. The minimum Gasteiger partial charge on any atom is -0.287 e. The molecule has 23 heavy (non-hydrogen) atoms. The Bertz CT molecular complexity index is 897. The highest BCUT2D eigenvalue weighted by Gasteiger charge is 2.09. The number of nitrogens with zero attached hydrogens (tertiary/aromatic N) is 3. The Kier molecular flexibility index (Phi) is 3.97. The number of aromatic nitrogens is 2. The van der Waals surface area contributed by atoms with E-state index in [1.165, 1.54) is 19.3 Å². The van der Waals surface area contributed by atoms with Crippen LogP contribution in [0.1, 0.15) is 27.6 Å². The predicted octanol–water partition coefficient (Wildman–Crippen LogP) is 2.46. The summed E-state index contributed by atoms with van der Waals surface area (Å²) in [4.78, 5) is 27.5. The molecule has 3 rings (SSSR count). The van der Waals surface area contributed by atoms with Gasteiger partial charge in [0.2, 0.25) is 5.91 Å². The number of fused-ring (bicyclic) bond motifs is 1. The summed E-state index contributed by atoms with van der Waals surface area (Å²) < 4.78 is 1.56. The molecule has 2 heterocycles. The van der Waals surface area contributed by atoms with Crippen molar-refractivity contribution in [1.82, 2.24) is 15.0 Å². The number of hydrogen-bond acceptors (Lipinski definition) is 4. The molecule has 0 aliphatic carbocycles. The molecule has 1 aromatic carbocycles. The summed E-state index contributed by atoms with van der Waals surface area (Å²) in [5.41, 5.74) is 4.43. The molecule has 3 aromatic rings. The maximum atomic E-state index is 11.9. The van der Waals surface area contributed by atoms with Crippen molar-refractivity contribution in [2.75, 3.05) is 0 Å². The van der Waals surface area contributed by atoms with Crippen LogP contribution in [-0.4, -0.2) is 27.6 Å². The molecule has 0 saturated carbocycles. The summed E-state index contributed by atoms with van der Waals surface area (Å²) >= 11 is 0. The lowest BCUT2D eigenvalue weighted by atomic mass is 10.2. The first-order chi connectivity index (χ1) is 11.2. The van der Waals surface area contributed by atoms with Gasteiger partial charge in [0, 0.05) is 36.5 Å². The van der Waals surface area contributed by atoms with Gasteiger partial charge in [-0.25, -0.2) is 5.43 Å². The number of rotatable bonds is 3. The molecule has 0 saturated heterocycles. The normalized spacial score (nSPS) is 11.0. The van der Waals surface area contributed by atoms with Crippen molar-refractivity contribution in [3.63, 3.8) is 0 Å². The smallest absolute Gasteiger partial charge is 0.272 e. The van der Waals surface area contributed by atoms with Crippen LogP contribution >= 0.6 is 0 Å². The average molecular weight is 306 g/mol. The molecule has 1 N–H and O–H groups in total. The fraction of sp³-hybridized carbons (Fsp3) is 0.0588. The summed E-state index contributed by atoms with van der Waals surface area (Å²) in [6, 6.07) is 10.9. The molecule has 0 atom stereocenters. The maximum Gasteiger partial charge on any atom is 0.272 e. The Morgan fingerprint density at radius 3 is 2.78 bits per heavy atom. The van der Waals surface area contributed by atoms with Crippen LogP contribution in [0, 0.1) is 0 Å². The molecule has 0 fully saturated rings. The zero-order chi connectivity index (χ0) is 16.2. The summed E-state index contributed by atoms with van der Waals surface area (Å²) in [5.74, 6) is -0.426. The second-order valence-electron chi connectivity index (χ2n) is 4.93. The molecule has 0 bridgehead atoms. The highest BCUT2D eigenvalue weighted by atomic mass is 16.2. The Morgan fingerprint density at radius 2 is 2.04 bits per heavy atom. The summed E-state index contributed by atoms with van der Waals surface area (Å²) in [7, 11) is 0. The van der Waals surface area contributed by atoms with Crippen LogP contribution < -0.4 is 5.43 Å². The number of carbonyl (C=O) groups excluding carboxylic acids is 2. The lowest BCUT2D eigenvalue weighted by molar-refractivity contribution is 0.0937. The van der Waals surface area contributed by atoms with Gasteiger partial charge in [-0.05, 0) is 18.2 Å². The third kappa shape index (κ3) is 3.01. The van der Waals surface area contributed by atoms with Gasteiger partial charge in [0.15, 0.2) is 0 Å². The van der Waals surface area contributed by atoms with E-state index in [0.29, 0.717) is 5.56 Å². The van der Waals surface area contributed by atoms with Crippen LogP contribution in [0.25, 0.3) is 10.9 Å². The van der Waals surface area contributed by atoms with Crippen LogP contribution in [-0.2, 0) is 0 Å². The van der Waals surface area contributed by atoms with E-state index in [1.54, 1.807) is 29.1 Å². The van der Waals surface area contributed by atoms with Crippen LogP contribution in [0.2, 0.25) is 0 Å². The first kappa shape index (κ1) is 14.6. The van der Waals surface area contributed by atoms with Gasteiger partial charge < -0.3 is 0 Å². The van der Waals surface area contributed by atoms with E-state index in [-0.39, 0.29) is 11.8 Å². The van der Waals surface area contributed by atoms with Gasteiger partial charge in [0.25, 0.3) is 5.91 Å². The molecule has 1 amide bonds. The number of nitrogens with one attached hydrogen (secondary N) is 1. The van der Waals surface area contributed by atoms with Crippen LogP contribution in [0.5, 0.6) is 0 Å². The summed E-state index contributed by atoms with van der Waals surface area (Å²) in [6.45, 7) is 1.50. The lowest BCUT2D eigenvalue weighted by Gasteiger charge is -1.97. The van der Waals surface area contributed by atoms with Gasteiger partial charge in [-0.3, -0.25) is 19.1 Å². The topological polar surface area (TPSA) is 76.3 Å². The van der Waals surface area contributed by atoms with E-state index < -0.39 is 0 Å². The third-order valence-electron chi connectivity index (χ3n) is 3.38. The monoisotopic (exact) mass is 306 g/mol. The quantitative estimate of drug-likeness (QED) is 0.596. The van der Waals surface area contributed by atoms with E-state index in [2.05, 4.69) is 15.5 Å². The highest BCUT2D eigenvalue weighted by molar-refractivity contribution is 6.03. The molecule has 0 radical (unpaired) electrons. The maximum absolute atomic E-state index is 11.9. The molecule has 0 aliphatic rings. The molecule has 2 aromatic heterocycles. The van der Waals surface area contributed by atoms with Crippen molar-refractivity contribution >= 4 is 28.9 Å². The van der Waals surface area contributed by atoms with E-state index in [4.69, 9.17) is 0 Å². The van der Waals surface area contributed by atoms with Gasteiger partial charge in [0.1, 0.15) is 0 Å². The van der Waals surface area contributed by atoms with Crippen molar-refractivity contribution in [2.24, 2.45) is 5.10 Å². The van der Waals surface area contributed by atoms with Crippen LogP contribution in [0.4, 0.5) is 0 Å². The molecular formula is C17H14N4O2. The molecule has 6 heteroatoms. The molecule has 6 nitrogen and oxygen atoms in total. The van der Waals surface area contributed by atoms with Gasteiger partial charge in [-0.2, -0.15) is 5.10 Å². The minimum absolute atomic E-state index is 0.0831. The molecule has 114 valence electrons. The van der Waals surface area contributed by atoms with E-state index in [0.717, 1.165) is 16.5 Å². The van der Waals surface area contributed by atoms with Crippen LogP contribution in [0.3, 0.4) is 0 Å². The lowest BCUT2D eigenvalue weighted by Crippen LogP contribution is -2.17. The van der Waals surface area contributed by atoms with Crippen molar-refractivity contribution in [3.05, 3.63) is 66.1 Å². The zero-order valence-corrected chi connectivity index (χ0v) is 12.4. The summed E-state index contributed by atoms with van der Waals surface area (Å²) in [6.07, 6.45) is 6.28. The van der Waals surface area contributed by atoms with Gasteiger partial charge in [-0.1, -0.05) is 18.2 Å². The van der Waals surface area contributed by atoms with E-state index in [1.807, 2.05) is 24.3 Å². The third-order valence-corrected chi connectivity index (χ3v) is 3.38. The largest absolute Gasteiger partial charge is 0.287 e. The number of hydrazone groups is 1. The van der Waals surface area contributed by atoms with E-state index >= 15 is 0 Å². The van der Waals surface area contributed by atoms with E-state index in [9.17, 15) is 9.59 Å². The number of hydrogen-bond donors (Lipinski definition) is 1. The Labute approximate surface area is 132 Å². The first-order valence-electron chi connectivity index (χ1n) is 7.01. The minimum atomic E-state index is -0.343. The van der Waals surface area contributed by atoms with Crippen LogP contribution in [0.15, 0.2) is 60.1 Å². The fourth-order valence-corrected chi connectivity index (χ4v) is 2.29. The Balaban J connectivity index is 1.84. The fourth-order valence-electron chi connectivity index (χ4n) is 2.29. The van der Waals surface area contributed by atoms with Crippen molar-refractivity contribution < 1.29 is 9.59 Å². The molecule has 0 unspecified atom stereocenters. The summed E-state index contributed by atoms with van der Waals surface area (Å²) in [5, 5.41) is 4.85. The molecule has 0 spiro atoms. The Hall–Kier alpha value is -3.28. The molecular weight excluding hydrogens is 292 g/mol. The molecule has 0 aliphatic heterocycles. The second kappa shape index (κ2) is 6.23. The van der Waals surface area contributed by atoms with Gasteiger partial charge >= 0.3 is 0 Å². The SMILES string of the molecule is CC(=O)n1cc(/C=N\NC(=O)c2cccnc2)c2ccccc21. The van der Waals surface area contributed by atoms with Gasteiger partial charge in [-0.15, -0.1) is 0 Å². The number of carbonyl (C=O) groups is 2. The standard InChI is InChI=1S/C17H14N4O2/c1-12(22)21-11-14(15-6-2-3-7-16(15)21)10-19-20-17(23)13-5-4-8-18-9-13/h2-11H,1H3,(H,20,23)/b19-10-. The van der Waals surface area contributed by atoms with Crippen molar-refractivity contribution in [2.45, 2.75) is 6.92 Å². The Morgan fingerprint density at radius 1 is 1.22 bits per heavy atom. The predicted molar refractivity (Wildman–Crippen MR) is 87.5 cm³/mol. The number of benzene rings is 1.